The first-order valence-corrected chi connectivity index (χ1v) is 13.0. The molecule has 0 aromatic carbocycles. The Morgan fingerprint density at radius 1 is 1.30 bits per heavy atom. The fraction of sp³-hybridized carbons (Fsp3) is 0.556. The van der Waals surface area contributed by atoms with Crippen molar-refractivity contribution in [3.8, 4) is 0 Å². The number of nitrogens with zero attached hydrogens (tertiary/aromatic N) is 4. The van der Waals surface area contributed by atoms with Crippen LogP contribution in [0.25, 0.3) is 0 Å². The fourth-order valence-electron chi connectivity index (χ4n) is 3.65. The molecule has 0 bridgehead atoms. The van der Waals surface area contributed by atoms with Crippen molar-refractivity contribution in [3.05, 3.63) is 29.7 Å². The molecule has 2 aromatic heterocycles. The summed E-state index contributed by atoms with van der Waals surface area (Å²) in [6.45, 7) is 5.93. The second kappa shape index (κ2) is 8.16. The SMILES string of the molecule is CCN(CC)S(=O)(=O)c1cc(C(=O)Nc2cc(C)nn2C2CCS(=O)(=O)C2)n(C)c1. The molecule has 1 unspecified atom stereocenters. The van der Waals surface area contributed by atoms with E-state index in [1.807, 2.05) is 0 Å². The number of hydrogen-bond acceptors (Lipinski definition) is 6. The zero-order chi connectivity index (χ0) is 22.3. The minimum atomic E-state index is -3.69. The fourth-order valence-corrected chi connectivity index (χ4v) is 6.87. The number of nitrogens with one attached hydrogen (secondary N) is 1. The molecule has 30 heavy (non-hydrogen) atoms. The van der Waals surface area contributed by atoms with Gasteiger partial charge in [0.15, 0.2) is 9.84 Å². The molecule has 1 amide bonds. The maximum atomic E-state index is 12.9. The number of hydrogen-bond donors (Lipinski definition) is 1. The number of anilines is 1. The minimum absolute atomic E-state index is 0.0204. The van der Waals surface area contributed by atoms with Crippen LogP contribution in [0.5, 0.6) is 0 Å². The van der Waals surface area contributed by atoms with Gasteiger partial charge in [0.1, 0.15) is 16.4 Å². The Labute approximate surface area is 176 Å². The summed E-state index contributed by atoms with van der Waals surface area (Å²) in [5.74, 6) is -0.0451. The Hall–Kier alpha value is -2.18. The Bertz CT molecular complexity index is 1160. The van der Waals surface area contributed by atoms with Gasteiger partial charge in [-0.3, -0.25) is 4.79 Å². The average Bonchev–Trinajstić information content (AvgIpc) is 3.32. The van der Waals surface area contributed by atoms with Crippen molar-refractivity contribution in [1.82, 2.24) is 18.7 Å². The molecule has 1 aliphatic rings. The molecule has 1 saturated heterocycles. The molecule has 0 saturated carbocycles. The van der Waals surface area contributed by atoms with E-state index in [4.69, 9.17) is 0 Å². The number of sulfone groups is 1. The van der Waals surface area contributed by atoms with Crippen LogP contribution in [0.3, 0.4) is 0 Å². The summed E-state index contributed by atoms with van der Waals surface area (Å²) >= 11 is 0. The van der Waals surface area contributed by atoms with Gasteiger partial charge in [0, 0.05) is 32.4 Å². The third kappa shape index (κ3) is 4.30. The summed E-state index contributed by atoms with van der Waals surface area (Å²) in [5.41, 5.74) is 0.816. The Morgan fingerprint density at radius 2 is 1.97 bits per heavy atom. The van der Waals surface area contributed by atoms with Crippen LogP contribution >= 0.6 is 0 Å². The van der Waals surface area contributed by atoms with Crippen molar-refractivity contribution >= 4 is 31.6 Å². The molecular formula is C18H27N5O5S2. The largest absolute Gasteiger partial charge is 0.345 e. The summed E-state index contributed by atoms with van der Waals surface area (Å²) in [4.78, 5) is 12.9. The number of rotatable bonds is 7. The molecular weight excluding hydrogens is 430 g/mol. The number of amides is 1. The van der Waals surface area contributed by atoms with E-state index in [1.54, 1.807) is 33.9 Å². The van der Waals surface area contributed by atoms with Gasteiger partial charge >= 0.3 is 0 Å². The van der Waals surface area contributed by atoms with E-state index in [-0.39, 0.29) is 28.1 Å². The van der Waals surface area contributed by atoms with Crippen LogP contribution in [0.15, 0.2) is 23.2 Å². The van der Waals surface area contributed by atoms with Crippen molar-refractivity contribution in [1.29, 1.82) is 0 Å². The van der Waals surface area contributed by atoms with E-state index in [0.29, 0.717) is 31.0 Å². The van der Waals surface area contributed by atoms with Gasteiger partial charge in [-0.2, -0.15) is 9.40 Å². The second-order valence-corrected chi connectivity index (χ2v) is 11.6. The van der Waals surface area contributed by atoms with Gasteiger partial charge in [-0.25, -0.2) is 21.5 Å². The molecule has 12 heteroatoms. The lowest BCUT2D eigenvalue weighted by atomic mass is 10.3. The van der Waals surface area contributed by atoms with E-state index in [0.717, 1.165) is 0 Å². The smallest absolute Gasteiger partial charge is 0.273 e. The molecule has 0 aliphatic carbocycles. The van der Waals surface area contributed by atoms with Gasteiger partial charge in [-0.05, 0) is 19.4 Å². The Kier molecular flexibility index (Phi) is 6.12. The predicted molar refractivity (Wildman–Crippen MR) is 113 cm³/mol. The molecule has 0 spiro atoms. The van der Waals surface area contributed by atoms with E-state index in [2.05, 4.69) is 10.4 Å². The van der Waals surface area contributed by atoms with Gasteiger partial charge in [0.25, 0.3) is 5.91 Å². The van der Waals surface area contributed by atoms with Gasteiger partial charge < -0.3 is 9.88 Å². The zero-order valence-corrected chi connectivity index (χ0v) is 19.1. The Balaban J connectivity index is 1.87. The Morgan fingerprint density at radius 3 is 2.53 bits per heavy atom. The van der Waals surface area contributed by atoms with Crippen molar-refractivity contribution < 1.29 is 21.6 Å². The molecule has 1 fully saturated rings. The summed E-state index contributed by atoms with van der Waals surface area (Å²) in [6.07, 6.45) is 1.84. The van der Waals surface area contributed by atoms with Crippen LogP contribution in [0.1, 0.15) is 42.5 Å². The first-order chi connectivity index (χ1) is 14.0. The predicted octanol–water partition coefficient (Wildman–Crippen LogP) is 1.17. The van der Waals surface area contributed by atoms with E-state index >= 15 is 0 Å². The number of carbonyl (C=O) groups is 1. The molecule has 3 heterocycles. The number of aromatic nitrogens is 3. The van der Waals surface area contributed by atoms with Crippen molar-refractivity contribution in [2.45, 2.75) is 38.1 Å². The molecule has 2 aromatic rings. The molecule has 1 aliphatic heterocycles. The summed E-state index contributed by atoms with van der Waals surface area (Å²) in [6, 6.07) is 2.67. The molecule has 3 rings (SSSR count). The van der Waals surface area contributed by atoms with Crippen LogP contribution in [-0.4, -0.2) is 66.0 Å². The second-order valence-electron chi connectivity index (χ2n) is 7.39. The van der Waals surface area contributed by atoms with Crippen molar-refractivity contribution in [2.24, 2.45) is 7.05 Å². The highest BCUT2D eigenvalue weighted by atomic mass is 32.2. The standard InChI is InChI=1S/C18H27N5O5S2/c1-5-22(6-2)30(27,28)15-10-16(21(4)11-15)18(24)19-17-9-13(3)20-23(17)14-7-8-29(25,26)12-14/h9-11,14H,5-8,12H2,1-4H3,(H,19,24). The monoisotopic (exact) mass is 457 g/mol. The lowest BCUT2D eigenvalue weighted by Crippen LogP contribution is -2.30. The summed E-state index contributed by atoms with van der Waals surface area (Å²) in [7, 11) is -5.21. The van der Waals surface area contributed by atoms with Crippen LogP contribution in [0.4, 0.5) is 5.82 Å². The average molecular weight is 458 g/mol. The highest BCUT2D eigenvalue weighted by Gasteiger charge is 2.32. The van der Waals surface area contributed by atoms with Crippen LogP contribution in [0.2, 0.25) is 0 Å². The van der Waals surface area contributed by atoms with Crippen LogP contribution in [0, 0.1) is 6.92 Å². The van der Waals surface area contributed by atoms with Crippen molar-refractivity contribution in [3.63, 3.8) is 0 Å². The number of aryl methyl sites for hydroxylation is 2. The molecule has 1 atom stereocenters. The van der Waals surface area contributed by atoms with E-state index in [9.17, 15) is 21.6 Å². The highest BCUT2D eigenvalue weighted by Crippen LogP contribution is 2.27. The first-order valence-electron chi connectivity index (χ1n) is 9.73. The van der Waals surface area contributed by atoms with Gasteiger partial charge in [-0.15, -0.1) is 0 Å². The topological polar surface area (TPSA) is 123 Å². The minimum Gasteiger partial charge on any atom is -0.345 e. The quantitative estimate of drug-likeness (QED) is 0.666. The first kappa shape index (κ1) is 22.5. The van der Waals surface area contributed by atoms with Crippen molar-refractivity contribution in [2.75, 3.05) is 29.9 Å². The third-order valence-electron chi connectivity index (χ3n) is 5.21. The molecule has 0 radical (unpaired) electrons. The lowest BCUT2D eigenvalue weighted by Gasteiger charge is -2.17. The molecule has 10 nitrogen and oxygen atoms in total. The molecule has 166 valence electrons. The maximum absolute atomic E-state index is 12.9. The number of carbonyl (C=O) groups excluding carboxylic acids is 1. The third-order valence-corrected chi connectivity index (χ3v) is 8.98. The zero-order valence-electron chi connectivity index (χ0n) is 17.5. The van der Waals surface area contributed by atoms with E-state index < -0.39 is 25.8 Å². The summed E-state index contributed by atoms with van der Waals surface area (Å²) < 4.78 is 53.5. The van der Waals surface area contributed by atoms with Gasteiger partial charge in [0.2, 0.25) is 10.0 Å². The highest BCUT2D eigenvalue weighted by molar-refractivity contribution is 7.91. The van der Waals surface area contributed by atoms with Crippen LogP contribution in [-0.2, 0) is 26.9 Å². The molecule has 1 N–H and O–H groups in total. The van der Waals surface area contributed by atoms with Gasteiger partial charge in [0.05, 0.1) is 23.2 Å². The van der Waals surface area contributed by atoms with Gasteiger partial charge in [-0.1, -0.05) is 13.8 Å². The summed E-state index contributed by atoms with van der Waals surface area (Å²) in [5, 5.41) is 7.10. The normalized spacial score (nSPS) is 18.8. The lowest BCUT2D eigenvalue weighted by molar-refractivity contribution is 0.101. The van der Waals surface area contributed by atoms with E-state index in [1.165, 1.54) is 25.8 Å². The maximum Gasteiger partial charge on any atom is 0.273 e. The van der Waals surface area contributed by atoms with Crippen LogP contribution < -0.4 is 5.32 Å². The number of sulfonamides is 1.